The number of nitrogens with zero attached hydrogens (tertiary/aromatic N) is 1. The summed E-state index contributed by atoms with van der Waals surface area (Å²) in [5, 5.41) is 4.63. The maximum absolute atomic E-state index is 6.14. The molecule has 5 heteroatoms. The molecule has 1 heterocycles. The van der Waals surface area contributed by atoms with Crippen molar-refractivity contribution in [1.29, 1.82) is 0 Å². The van der Waals surface area contributed by atoms with Crippen LogP contribution in [0, 0.1) is 0 Å². The van der Waals surface area contributed by atoms with Crippen LogP contribution in [0.4, 0.5) is 5.13 Å². The Bertz CT molecular complexity index is 484. The van der Waals surface area contributed by atoms with E-state index < -0.39 is 0 Å². The van der Waals surface area contributed by atoms with E-state index in [1.54, 1.807) is 11.3 Å². The predicted octanol–water partition coefficient (Wildman–Crippen LogP) is 4.27. The van der Waals surface area contributed by atoms with Crippen LogP contribution >= 0.6 is 38.9 Å². The summed E-state index contributed by atoms with van der Waals surface area (Å²) in [6, 6.07) is 5.84. The second-order valence-electron chi connectivity index (χ2n) is 2.90. The summed E-state index contributed by atoms with van der Waals surface area (Å²) in [6.45, 7) is 0. The Morgan fingerprint density at radius 3 is 2.87 bits per heavy atom. The first-order valence-electron chi connectivity index (χ1n) is 4.29. The fraction of sp³-hybridized carbons (Fsp3) is 0.100. The number of hydrogen-bond acceptors (Lipinski definition) is 3. The number of rotatable bonds is 2. The molecule has 0 aliphatic rings. The molecule has 0 aliphatic heterocycles. The van der Waals surface area contributed by atoms with Gasteiger partial charge in [0.2, 0.25) is 0 Å². The summed E-state index contributed by atoms with van der Waals surface area (Å²) in [6.07, 6.45) is 1.83. The van der Waals surface area contributed by atoms with E-state index in [9.17, 15) is 0 Å². The van der Waals surface area contributed by atoms with Crippen molar-refractivity contribution in [2.24, 2.45) is 0 Å². The number of anilines is 1. The summed E-state index contributed by atoms with van der Waals surface area (Å²) in [4.78, 5) is 5.28. The monoisotopic (exact) mass is 302 g/mol. The number of nitrogens with one attached hydrogen (secondary N) is 1. The molecule has 2 nitrogen and oxygen atoms in total. The second-order valence-corrected chi connectivity index (χ2v) is 5.26. The van der Waals surface area contributed by atoms with Gasteiger partial charge in [0.25, 0.3) is 0 Å². The smallest absolute Gasteiger partial charge is 0.182 e. The molecule has 1 aromatic carbocycles. The van der Waals surface area contributed by atoms with Crippen molar-refractivity contribution >= 4 is 44.0 Å². The zero-order valence-electron chi connectivity index (χ0n) is 7.92. The fourth-order valence-electron chi connectivity index (χ4n) is 1.20. The minimum absolute atomic E-state index is 0.732. The van der Waals surface area contributed by atoms with E-state index in [1.165, 1.54) is 0 Å². The molecule has 78 valence electrons. The Morgan fingerprint density at radius 1 is 1.47 bits per heavy atom. The van der Waals surface area contributed by atoms with Gasteiger partial charge in [0.05, 0.1) is 9.90 Å². The molecule has 0 aliphatic carbocycles. The Hall–Kier alpha value is -0.580. The maximum atomic E-state index is 6.14. The fourth-order valence-corrected chi connectivity index (χ4v) is 2.84. The van der Waals surface area contributed by atoms with Crippen LogP contribution in [0.5, 0.6) is 0 Å². The van der Waals surface area contributed by atoms with Gasteiger partial charge in [0, 0.05) is 23.3 Å². The predicted molar refractivity (Wildman–Crippen MR) is 69.8 cm³/mol. The molecule has 0 atom stereocenters. The first-order chi connectivity index (χ1) is 7.20. The number of benzene rings is 1. The third-order valence-corrected chi connectivity index (χ3v) is 3.77. The van der Waals surface area contributed by atoms with Crippen molar-refractivity contribution in [3.8, 4) is 10.4 Å². The van der Waals surface area contributed by atoms with Crippen molar-refractivity contribution in [3.63, 3.8) is 0 Å². The lowest BCUT2D eigenvalue weighted by molar-refractivity contribution is 1.37. The van der Waals surface area contributed by atoms with Crippen LogP contribution in [-0.2, 0) is 0 Å². The Balaban J connectivity index is 2.44. The van der Waals surface area contributed by atoms with Crippen molar-refractivity contribution in [2.75, 3.05) is 12.4 Å². The zero-order valence-corrected chi connectivity index (χ0v) is 11.1. The van der Waals surface area contributed by atoms with Gasteiger partial charge in [-0.3, -0.25) is 0 Å². The molecular formula is C10H8BrClN2S. The number of thiazole rings is 1. The van der Waals surface area contributed by atoms with Crippen molar-refractivity contribution in [1.82, 2.24) is 4.98 Å². The van der Waals surface area contributed by atoms with Gasteiger partial charge in [-0.25, -0.2) is 4.98 Å². The van der Waals surface area contributed by atoms with Gasteiger partial charge >= 0.3 is 0 Å². The Morgan fingerprint density at radius 2 is 2.27 bits per heavy atom. The van der Waals surface area contributed by atoms with E-state index in [4.69, 9.17) is 11.6 Å². The first kappa shape index (κ1) is 10.9. The van der Waals surface area contributed by atoms with Crippen LogP contribution < -0.4 is 5.32 Å². The molecule has 2 aromatic rings. The quantitative estimate of drug-likeness (QED) is 0.896. The Labute approximate surface area is 105 Å². The summed E-state index contributed by atoms with van der Waals surface area (Å²) >= 11 is 11.1. The molecule has 0 saturated heterocycles. The van der Waals surface area contributed by atoms with Gasteiger partial charge in [-0.1, -0.05) is 44.9 Å². The first-order valence-corrected chi connectivity index (χ1v) is 6.28. The molecule has 0 radical (unpaired) electrons. The molecule has 1 aromatic heterocycles. The van der Waals surface area contributed by atoms with E-state index in [0.717, 1.165) is 25.1 Å². The summed E-state index contributed by atoms with van der Waals surface area (Å²) in [7, 11) is 1.85. The number of aromatic nitrogens is 1. The molecule has 15 heavy (non-hydrogen) atoms. The average molecular weight is 304 g/mol. The lowest BCUT2D eigenvalue weighted by Crippen LogP contribution is -1.83. The molecule has 2 rings (SSSR count). The molecule has 0 fully saturated rings. The van der Waals surface area contributed by atoms with Crippen molar-refractivity contribution < 1.29 is 0 Å². The lowest BCUT2D eigenvalue weighted by atomic mass is 10.2. The zero-order chi connectivity index (χ0) is 10.8. The van der Waals surface area contributed by atoms with Crippen LogP contribution in [-0.4, -0.2) is 12.0 Å². The Kier molecular flexibility index (Phi) is 3.29. The highest BCUT2D eigenvalue weighted by atomic mass is 79.9. The highest BCUT2D eigenvalue weighted by Gasteiger charge is 2.07. The average Bonchev–Trinajstić information content (AvgIpc) is 2.66. The maximum Gasteiger partial charge on any atom is 0.182 e. The molecule has 0 unspecified atom stereocenters. The molecule has 0 amide bonds. The highest BCUT2D eigenvalue weighted by Crippen LogP contribution is 2.35. The van der Waals surface area contributed by atoms with E-state index >= 15 is 0 Å². The highest BCUT2D eigenvalue weighted by molar-refractivity contribution is 9.10. The third-order valence-electron chi connectivity index (χ3n) is 1.92. The van der Waals surface area contributed by atoms with Crippen LogP contribution in [0.2, 0.25) is 5.02 Å². The van der Waals surface area contributed by atoms with Crippen LogP contribution in [0.1, 0.15) is 0 Å². The van der Waals surface area contributed by atoms with E-state index in [-0.39, 0.29) is 0 Å². The van der Waals surface area contributed by atoms with E-state index in [2.05, 4.69) is 26.2 Å². The lowest BCUT2D eigenvalue weighted by Gasteiger charge is -2.00. The molecule has 0 saturated carbocycles. The van der Waals surface area contributed by atoms with Gasteiger partial charge in [0.15, 0.2) is 5.13 Å². The van der Waals surface area contributed by atoms with Crippen LogP contribution in [0.15, 0.2) is 28.9 Å². The molecular weight excluding hydrogens is 296 g/mol. The van der Waals surface area contributed by atoms with Gasteiger partial charge in [-0.05, 0) is 12.1 Å². The molecule has 0 bridgehead atoms. The normalized spacial score (nSPS) is 10.3. The topological polar surface area (TPSA) is 24.9 Å². The van der Waals surface area contributed by atoms with Crippen molar-refractivity contribution in [3.05, 3.63) is 33.9 Å². The van der Waals surface area contributed by atoms with Gasteiger partial charge < -0.3 is 5.32 Å². The van der Waals surface area contributed by atoms with E-state index in [1.807, 2.05) is 31.4 Å². The number of hydrogen-bond donors (Lipinski definition) is 1. The number of halogens is 2. The molecule has 0 spiro atoms. The summed E-state index contributed by atoms with van der Waals surface area (Å²) < 4.78 is 0.981. The minimum atomic E-state index is 0.732. The van der Waals surface area contributed by atoms with E-state index in [0.29, 0.717) is 0 Å². The van der Waals surface area contributed by atoms with Crippen LogP contribution in [0.3, 0.4) is 0 Å². The van der Waals surface area contributed by atoms with Crippen LogP contribution in [0.25, 0.3) is 10.4 Å². The minimum Gasteiger partial charge on any atom is -0.365 e. The summed E-state index contributed by atoms with van der Waals surface area (Å²) in [5.74, 6) is 0. The largest absolute Gasteiger partial charge is 0.365 e. The second kappa shape index (κ2) is 4.51. The standard InChI is InChI=1S/C10H8BrClN2S/c1-13-10-14-5-9(15-10)7-3-2-6(11)4-8(7)12/h2-5H,1H3,(H,13,14). The van der Waals surface area contributed by atoms with Gasteiger partial charge in [-0.2, -0.15) is 0 Å². The third kappa shape index (κ3) is 2.33. The SMILES string of the molecule is CNc1ncc(-c2ccc(Br)cc2Cl)s1. The molecule has 1 N–H and O–H groups in total. The van der Waals surface area contributed by atoms with Gasteiger partial charge in [-0.15, -0.1) is 0 Å². The van der Waals surface area contributed by atoms with Gasteiger partial charge in [0.1, 0.15) is 0 Å². The summed E-state index contributed by atoms with van der Waals surface area (Å²) in [5.41, 5.74) is 1.01. The van der Waals surface area contributed by atoms with Crippen molar-refractivity contribution in [2.45, 2.75) is 0 Å².